The van der Waals surface area contributed by atoms with E-state index in [1.54, 1.807) is 11.3 Å². The minimum atomic E-state index is 0.175. The Hall–Kier alpha value is -1.19. The molecule has 1 aromatic heterocycles. The Morgan fingerprint density at radius 1 is 1.40 bits per heavy atom. The van der Waals surface area contributed by atoms with Gasteiger partial charge < -0.3 is 5.32 Å². The molecule has 0 fully saturated rings. The van der Waals surface area contributed by atoms with Crippen LogP contribution in [0.25, 0.3) is 10.1 Å². The van der Waals surface area contributed by atoms with Crippen molar-refractivity contribution in [2.24, 2.45) is 0 Å². The van der Waals surface area contributed by atoms with Gasteiger partial charge in [-0.25, -0.2) is 0 Å². The number of Topliss-reactive ketones (excluding diaryl/α,β-unsaturated/α-hetero) is 1. The van der Waals surface area contributed by atoms with Gasteiger partial charge in [-0.2, -0.15) is 0 Å². The SMILES string of the molecule is CCNCC(=O)c1csc2ccccc12. The number of thiophene rings is 1. The lowest BCUT2D eigenvalue weighted by atomic mass is 10.1. The predicted molar refractivity (Wildman–Crippen MR) is 64.7 cm³/mol. The molecule has 2 rings (SSSR count). The van der Waals surface area contributed by atoms with Crippen LogP contribution < -0.4 is 5.32 Å². The summed E-state index contributed by atoms with van der Waals surface area (Å²) in [4.78, 5) is 11.8. The topological polar surface area (TPSA) is 29.1 Å². The van der Waals surface area contributed by atoms with E-state index in [2.05, 4.69) is 5.32 Å². The van der Waals surface area contributed by atoms with Gasteiger partial charge >= 0.3 is 0 Å². The van der Waals surface area contributed by atoms with Gasteiger partial charge in [0.25, 0.3) is 0 Å². The van der Waals surface area contributed by atoms with Crippen molar-refractivity contribution in [1.82, 2.24) is 5.32 Å². The van der Waals surface area contributed by atoms with Gasteiger partial charge in [0.15, 0.2) is 5.78 Å². The number of hydrogen-bond donors (Lipinski definition) is 1. The van der Waals surface area contributed by atoms with Crippen LogP contribution in [0.1, 0.15) is 17.3 Å². The summed E-state index contributed by atoms with van der Waals surface area (Å²) < 4.78 is 1.18. The van der Waals surface area contributed by atoms with Crippen molar-refractivity contribution in [1.29, 1.82) is 0 Å². The number of carbonyl (C=O) groups is 1. The molecule has 1 aromatic carbocycles. The van der Waals surface area contributed by atoms with Crippen molar-refractivity contribution < 1.29 is 4.79 Å². The third-order valence-electron chi connectivity index (χ3n) is 2.32. The summed E-state index contributed by atoms with van der Waals surface area (Å²) in [6.07, 6.45) is 0. The van der Waals surface area contributed by atoms with Gasteiger partial charge in [0, 0.05) is 21.0 Å². The Bertz CT molecular complexity index is 475. The molecule has 0 spiro atoms. The van der Waals surface area contributed by atoms with Gasteiger partial charge in [0.05, 0.1) is 6.54 Å². The largest absolute Gasteiger partial charge is 0.310 e. The lowest BCUT2D eigenvalue weighted by molar-refractivity contribution is 0.0993. The maximum absolute atomic E-state index is 11.8. The molecule has 0 saturated heterocycles. The molecule has 0 aliphatic rings. The third-order valence-corrected chi connectivity index (χ3v) is 3.28. The van der Waals surface area contributed by atoms with Crippen LogP contribution in [-0.2, 0) is 0 Å². The van der Waals surface area contributed by atoms with Crippen LogP contribution in [0.3, 0.4) is 0 Å². The summed E-state index contributed by atoms with van der Waals surface area (Å²) in [5.74, 6) is 0.175. The highest BCUT2D eigenvalue weighted by Crippen LogP contribution is 2.25. The number of fused-ring (bicyclic) bond motifs is 1. The van der Waals surface area contributed by atoms with E-state index in [1.165, 1.54) is 4.70 Å². The number of carbonyl (C=O) groups excluding carboxylic acids is 1. The lowest BCUT2D eigenvalue weighted by Gasteiger charge is -1.99. The van der Waals surface area contributed by atoms with Crippen molar-refractivity contribution in [2.75, 3.05) is 13.1 Å². The first-order valence-corrected chi connectivity index (χ1v) is 5.91. The lowest BCUT2D eigenvalue weighted by Crippen LogP contribution is -2.22. The fourth-order valence-electron chi connectivity index (χ4n) is 1.53. The van der Waals surface area contributed by atoms with Crippen molar-refractivity contribution >= 4 is 27.2 Å². The molecular weight excluding hydrogens is 206 g/mol. The molecule has 3 heteroatoms. The van der Waals surface area contributed by atoms with E-state index in [-0.39, 0.29) is 5.78 Å². The molecule has 0 bridgehead atoms. The van der Waals surface area contributed by atoms with Crippen molar-refractivity contribution in [2.45, 2.75) is 6.92 Å². The summed E-state index contributed by atoms with van der Waals surface area (Å²) in [6, 6.07) is 8.02. The first-order valence-electron chi connectivity index (χ1n) is 5.03. The number of nitrogens with one attached hydrogen (secondary N) is 1. The molecule has 2 nitrogen and oxygen atoms in total. The number of rotatable bonds is 4. The highest BCUT2D eigenvalue weighted by atomic mass is 32.1. The number of ketones is 1. The van der Waals surface area contributed by atoms with E-state index < -0.39 is 0 Å². The average Bonchev–Trinajstić information content (AvgIpc) is 2.69. The van der Waals surface area contributed by atoms with E-state index >= 15 is 0 Å². The van der Waals surface area contributed by atoms with Crippen molar-refractivity contribution in [3.8, 4) is 0 Å². The zero-order chi connectivity index (χ0) is 10.7. The molecule has 15 heavy (non-hydrogen) atoms. The molecule has 0 aliphatic heterocycles. The molecule has 0 unspecified atom stereocenters. The summed E-state index contributed by atoms with van der Waals surface area (Å²) in [6.45, 7) is 3.25. The zero-order valence-electron chi connectivity index (χ0n) is 8.62. The minimum absolute atomic E-state index is 0.175. The maximum Gasteiger partial charge on any atom is 0.178 e. The van der Waals surface area contributed by atoms with Gasteiger partial charge in [0.1, 0.15) is 0 Å². The minimum Gasteiger partial charge on any atom is -0.310 e. The normalized spacial score (nSPS) is 10.7. The molecule has 78 valence electrons. The molecular formula is C12H13NOS. The number of likely N-dealkylation sites (N-methyl/N-ethyl adjacent to an activating group) is 1. The Morgan fingerprint density at radius 3 is 3.00 bits per heavy atom. The summed E-state index contributed by atoms with van der Waals surface area (Å²) in [7, 11) is 0. The van der Waals surface area contributed by atoms with Gasteiger partial charge in [-0.05, 0) is 12.6 Å². The fraction of sp³-hybridized carbons (Fsp3) is 0.250. The van der Waals surface area contributed by atoms with Crippen LogP contribution in [0.15, 0.2) is 29.6 Å². The van der Waals surface area contributed by atoms with Crippen LogP contribution >= 0.6 is 11.3 Å². The number of benzene rings is 1. The van der Waals surface area contributed by atoms with E-state index in [1.807, 2.05) is 36.6 Å². The van der Waals surface area contributed by atoms with E-state index in [0.717, 1.165) is 17.5 Å². The monoisotopic (exact) mass is 219 g/mol. The van der Waals surface area contributed by atoms with E-state index in [9.17, 15) is 4.79 Å². The highest BCUT2D eigenvalue weighted by molar-refractivity contribution is 7.17. The standard InChI is InChI=1S/C12H13NOS/c1-2-13-7-11(14)10-8-15-12-6-4-3-5-9(10)12/h3-6,8,13H,2,7H2,1H3. The molecule has 0 aliphatic carbocycles. The second-order valence-electron chi connectivity index (χ2n) is 3.35. The van der Waals surface area contributed by atoms with Crippen LogP contribution in [0.5, 0.6) is 0 Å². The van der Waals surface area contributed by atoms with E-state index in [4.69, 9.17) is 0 Å². The molecule has 1 N–H and O–H groups in total. The van der Waals surface area contributed by atoms with Gasteiger partial charge in [0.2, 0.25) is 0 Å². The van der Waals surface area contributed by atoms with Gasteiger partial charge in [-0.1, -0.05) is 25.1 Å². The third kappa shape index (κ3) is 2.08. The average molecular weight is 219 g/mol. The molecule has 1 heterocycles. The molecule has 0 radical (unpaired) electrons. The van der Waals surface area contributed by atoms with Crippen LogP contribution in [0, 0.1) is 0 Å². The second kappa shape index (κ2) is 4.55. The Kier molecular flexibility index (Phi) is 3.14. The van der Waals surface area contributed by atoms with Crippen molar-refractivity contribution in [3.05, 3.63) is 35.2 Å². The van der Waals surface area contributed by atoms with Crippen LogP contribution in [0.2, 0.25) is 0 Å². The summed E-state index contributed by atoms with van der Waals surface area (Å²) >= 11 is 1.63. The van der Waals surface area contributed by atoms with Crippen LogP contribution in [-0.4, -0.2) is 18.9 Å². The van der Waals surface area contributed by atoms with Gasteiger partial charge in [-0.3, -0.25) is 4.79 Å². The highest BCUT2D eigenvalue weighted by Gasteiger charge is 2.10. The molecule has 0 amide bonds. The quantitative estimate of drug-likeness (QED) is 0.801. The predicted octanol–water partition coefficient (Wildman–Crippen LogP) is 2.69. The first-order chi connectivity index (χ1) is 7.33. The first kappa shape index (κ1) is 10.3. The number of hydrogen-bond acceptors (Lipinski definition) is 3. The van der Waals surface area contributed by atoms with Crippen molar-refractivity contribution in [3.63, 3.8) is 0 Å². The fourth-order valence-corrected chi connectivity index (χ4v) is 2.49. The molecule has 2 aromatic rings. The van der Waals surface area contributed by atoms with Crippen LogP contribution in [0.4, 0.5) is 0 Å². The summed E-state index contributed by atoms with van der Waals surface area (Å²) in [5.41, 5.74) is 0.844. The second-order valence-corrected chi connectivity index (χ2v) is 4.26. The molecule has 0 saturated carbocycles. The van der Waals surface area contributed by atoms with Gasteiger partial charge in [-0.15, -0.1) is 11.3 Å². The zero-order valence-corrected chi connectivity index (χ0v) is 9.43. The maximum atomic E-state index is 11.8. The Balaban J connectivity index is 2.31. The smallest absolute Gasteiger partial charge is 0.178 e. The van der Waals surface area contributed by atoms with E-state index in [0.29, 0.717) is 6.54 Å². The Labute approximate surface area is 92.9 Å². The molecule has 0 atom stereocenters. The Morgan fingerprint density at radius 2 is 2.20 bits per heavy atom. The summed E-state index contributed by atoms with van der Waals surface area (Å²) in [5, 5.41) is 6.08.